The van der Waals surface area contributed by atoms with Crippen LogP contribution >= 0.6 is 15.9 Å². The zero-order valence-corrected chi connectivity index (χ0v) is 12.5. The molecule has 1 aliphatic rings. The van der Waals surface area contributed by atoms with E-state index in [0.717, 1.165) is 23.9 Å². The van der Waals surface area contributed by atoms with Crippen LogP contribution in [0.15, 0.2) is 33.6 Å². The van der Waals surface area contributed by atoms with Gasteiger partial charge in [-0.05, 0) is 44.0 Å². The molecule has 18 heavy (non-hydrogen) atoms. The minimum absolute atomic E-state index is 0.0183. The van der Waals surface area contributed by atoms with Crippen molar-refractivity contribution in [2.45, 2.75) is 36.8 Å². The number of benzene rings is 1. The Labute approximate surface area is 116 Å². The van der Waals surface area contributed by atoms with Gasteiger partial charge in [-0.25, -0.2) is 13.1 Å². The summed E-state index contributed by atoms with van der Waals surface area (Å²) in [7, 11) is -3.46. The van der Waals surface area contributed by atoms with Crippen molar-refractivity contribution in [1.29, 1.82) is 0 Å². The van der Waals surface area contributed by atoms with Crippen LogP contribution in [0.25, 0.3) is 0 Å². The Morgan fingerprint density at radius 1 is 1.39 bits per heavy atom. The number of rotatable bonds is 4. The van der Waals surface area contributed by atoms with Gasteiger partial charge in [0.15, 0.2) is 0 Å². The molecule has 4 nitrogen and oxygen atoms in total. The standard InChI is InChI=1S/C12H16BrNO3S/c1-9(12-3-2-8-17-12)14-18(15,16)11-6-4-10(13)5-7-11/h4-7,9,12,14H,2-3,8H2,1H3/t9-,12-/m1/s1. The van der Waals surface area contributed by atoms with E-state index in [-0.39, 0.29) is 17.0 Å². The zero-order chi connectivity index (χ0) is 13.2. The Balaban J connectivity index is 2.09. The van der Waals surface area contributed by atoms with Gasteiger partial charge in [0.05, 0.1) is 11.0 Å². The van der Waals surface area contributed by atoms with Crippen LogP contribution in [0.4, 0.5) is 0 Å². The third-order valence-electron chi connectivity index (χ3n) is 2.99. The quantitative estimate of drug-likeness (QED) is 0.919. The third-order valence-corrected chi connectivity index (χ3v) is 5.09. The average Bonchev–Trinajstić information content (AvgIpc) is 2.82. The van der Waals surface area contributed by atoms with Gasteiger partial charge in [-0.2, -0.15) is 0 Å². The van der Waals surface area contributed by atoms with Gasteiger partial charge in [-0.1, -0.05) is 15.9 Å². The van der Waals surface area contributed by atoms with Crippen LogP contribution in [0, 0.1) is 0 Å². The normalized spacial score (nSPS) is 22.0. The highest BCUT2D eigenvalue weighted by atomic mass is 79.9. The molecule has 2 atom stereocenters. The second-order valence-corrected chi connectivity index (χ2v) is 7.05. The number of ether oxygens (including phenoxy) is 1. The van der Waals surface area contributed by atoms with Crippen LogP contribution < -0.4 is 4.72 Å². The van der Waals surface area contributed by atoms with Gasteiger partial charge in [0.1, 0.15) is 0 Å². The van der Waals surface area contributed by atoms with Gasteiger partial charge in [0.25, 0.3) is 0 Å². The van der Waals surface area contributed by atoms with Crippen LogP contribution in [0.5, 0.6) is 0 Å². The van der Waals surface area contributed by atoms with Gasteiger partial charge in [0.2, 0.25) is 10.0 Å². The molecule has 0 bridgehead atoms. The van der Waals surface area contributed by atoms with Crippen molar-refractivity contribution in [1.82, 2.24) is 4.72 Å². The van der Waals surface area contributed by atoms with Gasteiger partial charge in [-0.3, -0.25) is 0 Å². The second-order valence-electron chi connectivity index (χ2n) is 4.42. The monoisotopic (exact) mass is 333 g/mol. The molecule has 1 heterocycles. The number of sulfonamides is 1. The number of nitrogens with one attached hydrogen (secondary N) is 1. The molecular weight excluding hydrogens is 318 g/mol. The van der Waals surface area contributed by atoms with Crippen LogP contribution in [-0.2, 0) is 14.8 Å². The molecule has 1 aliphatic heterocycles. The van der Waals surface area contributed by atoms with E-state index in [1.165, 1.54) is 0 Å². The molecule has 100 valence electrons. The van der Waals surface area contributed by atoms with Crippen molar-refractivity contribution in [2.24, 2.45) is 0 Å². The van der Waals surface area contributed by atoms with E-state index in [4.69, 9.17) is 4.74 Å². The maximum atomic E-state index is 12.1. The van der Waals surface area contributed by atoms with Crippen molar-refractivity contribution in [3.05, 3.63) is 28.7 Å². The summed E-state index contributed by atoms with van der Waals surface area (Å²) >= 11 is 3.28. The molecule has 1 N–H and O–H groups in total. The first kappa shape index (κ1) is 14.0. The maximum absolute atomic E-state index is 12.1. The van der Waals surface area contributed by atoms with E-state index in [0.29, 0.717) is 0 Å². The summed E-state index contributed by atoms with van der Waals surface area (Å²) in [4.78, 5) is 0.274. The Morgan fingerprint density at radius 2 is 2.06 bits per heavy atom. The molecule has 0 amide bonds. The first-order chi connectivity index (χ1) is 8.49. The first-order valence-corrected chi connectivity index (χ1v) is 8.16. The lowest BCUT2D eigenvalue weighted by Crippen LogP contribution is -2.40. The van der Waals surface area contributed by atoms with Crippen molar-refractivity contribution >= 4 is 26.0 Å². The molecule has 0 aliphatic carbocycles. The van der Waals surface area contributed by atoms with Gasteiger partial charge < -0.3 is 4.74 Å². The molecule has 2 rings (SSSR count). The molecule has 6 heteroatoms. The van der Waals surface area contributed by atoms with Crippen LogP contribution in [0.2, 0.25) is 0 Å². The lowest BCUT2D eigenvalue weighted by atomic mass is 10.1. The largest absolute Gasteiger partial charge is 0.377 e. The van der Waals surface area contributed by atoms with Crippen molar-refractivity contribution < 1.29 is 13.2 Å². The highest BCUT2D eigenvalue weighted by Crippen LogP contribution is 2.19. The lowest BCUT2D eigenvalue weighted by Gasteiger charge is -2.19. The predicted octanol–water partition coefficient (Wildman–Crippen LogP) is 2.29. The Kier molecular flexibility index (Phi) is 4.42. The molecule has 1 fully saturated rings. The Bertz CT molecular complexity index is 495. The summed E-state index contributed by atoms with van der Waals surface area (Å²) in [6.07, 6.45) is 1.88. The fourth-order valence-corrected chi connectivity index (χ4v) is 3.54. The number of hydrogen-bond acceptors (Lipinski definition) is 3. The van der Waals surface area contributed by atoms with E-state index in [9.17, 15) is 8.42 Å². The Hall–Kier alpha value is -0.430. The predicted molar refractivity (Wildman–Crippen MR) is 72.9 cm³/mol. The van der Waals surface area contributed by atoms with Crippen LogP contribution in [-0.4, -0.2) is 27.2 Å². The molecule has 0 radical (unpaired) electrons. The van der Waals surface area contributed by atoms with E-state index < -0.39 is 10.0 Å². The average molecular weight is 334 g/mol. The maximum Gasteiger partial charge on any atom is 0.240 e. The molecular formula is C12H16BrNO3S. The van der Waals surface area contributed by atoms with Crippen molar-refractivity contribution in [2.75, 3.05) is 6.61 Å². The highest BCUT2D eigenvalue weighted by Gasteiger charge is 2.26. The van der Waals surface area contributed by atoms with Crippen molar-refractivity contribution in [3.63, 3.8) is 0 Å². The van der Waals surface area contributed by atoms with Crippen LogP contribution in [0.1, 0.15) is 19.8 Å². The molecule has 0 spiro atoms. The van der Waals surface area contributed by atoms with Gasteiger partial charge in [0, 0.05) is 17.1 Å². The van der Waals surface area contributed by atoms with Crippen LogP contribution in [0.3, 0.4) is 0 Å². The second kappa shape index (κ2) is 5.69. The van der Waals surface area contributed by atoms with E-state index in [1.807, 2.05) is 6.92 Å². The van der Waals surface area contributed by atoms with Gasteiger partial charge in [-0.15, -0.1) is 0 Å². The number of hydrogen-bond donors (Lipinski definition) is 1. The molecule has 0 unspecified atom stereocenters. The molecule has 1 aromatic rings. The molecule has 1 aromatic carbocycles. The molecule has 1 saturated heterocycles. The summed E-state index contributed by atoms with van der Waals surface area (Å²) in [5, 5.41) is 0. The third kappa shape index (κ3) is 3.32. The summed E-state index contributed by atoms with van der Waals surface area (Å²) < 4.78 is 33.3. The van der Waals surface area contributed by atoms with E-state index >= 15 is 0 Å². The topological polar surface area (TPSA) is 55.4 Å². The fraction of sp³-hybridized carbons (Fsp3) is 0.500. The minimum atomic E-state index is -3.46. The zero-order valence-electron chi connectivity index (χ0n) is 10.1. The number of halogens is 1. The summed E-state index contributed by atoms with van der Waals surface area (Å²) in [5.41, 5.74) is 0. The highest BCUT2D eigenvalue weighted by molar-refractivity contribution is 9.10. The lowest BCUT2D eigenvalue weighted by molar-refractivity contribution is 0.0902. The first-order valence-electron chi connectivity index (χ1n) is 5.88. The van der Waals surface area contributed by atoms with E-state index in [2.05, 4.69) is 20.7 Å². The Morgan fingerprint density at radius 3 is 2.61 bits per heavy atom. The molecule has 0 saturated carbocycles. The van der Waals surface area contributed by atoms with Gasteiger partial charge >= 0.3 is 0 Å². The summed E-state index contributed by atoms with van der Waals surface area (Å²) in [6.45, 7) is 2.56. The SMILES string of the molecule is C[C@@H](NS(=O)(=O)c1ccc(Br)cc1)[C@H]1CCCO1. The minimum Gasteiger partial charge on any atom is -0.377 e. The molecule has 0 aromatic heterocycles. The van der Waals surface area contributed by atoms with E-state index in [1.54, 1.807) is 24.3 Å². The fourth-order valence-electron chi connectivity index (χ4n) is 2.00. The summed E-state index contributed by atoms with van der Waals surface area (Å²) in [6, 6.07) is 6.38. The van der Waals surface area contributed by atoms with Crippen molar-refractivity contribution in [3.8, 4) is 0 Å². The summed E-state index contributed by atoms with van der Waals surface area (Å²) in [5.74, 6) is 0. The smallest absolute Gasteiger partial charge is 0.240 e.